The van der Waals surface area contributed by atoms with Crippen molar-refractivity contribution >= 4 is 35.0 Å². The van der Waals surface area contributed by atoms with Crippen molar-refractivity contribution in [3.8, 4) is 0 Å². The minimum absolute atomic E-state index is 0.0392. The summed E-state index contributed by atoms with van der Waals surface area (Å²) in [6.07, 6.45) is -4.06. The molecule has 1 saturated heterocycles. The Morgan fingerprint density at radius 2 is 1.83 bits per heavy atom. The molecule has 1 heterocycles. The van der Waals surface area contributed by atoms with E-state index in [-0.39, 0.29) is 18.0 Å². The molecule has 1 amide bonds. The second-order valence-electron chi connectivity index (χ2n) is 7.15. The third kappa shape index (κ3) is 6.04. The van der Waals surface area contributed by atoms with E-state index in [1.807, 2.05) is 6.07 Å². The predicted molar refractivity (Wildman–Crippen MR) is 112 cm³/mol. The number of nitrogens with zero attached hydrogens (tertiary/aromatic N) is 2. The summed E-state index contributed by atoms with van der Waals surface area (Å²) in [4.78, 5) is 16.4. The normalized spacial score (nSPS) is 14.9. The third-order valence-electron chi connectivity index (χ3n) is 4.85. The molecule has 0 radical (unpaired) electrons. The van der Waals surface area contributed by atoms with E-state index in [9.17, 15) is 22.4 Å². The molecule has 1 aliphatic heterocycles. The number of alkyl halides is 3. The summed E-state index contributed by atoms with van der Waals surface area (Å²) in [6, 6.07) is 9.86. The second kappa shape index (κ2) is 9.47. The molecule has 9 heteroatoms. The number of rotatable bonds is 5. The number of hydrogen-bond acceptors (Lipinski definition) is 3. The Morgan fingerprint density at radius 1 is 1.13 bits per heavy atom. The van der Waals surface area contributed by atoms with Gasteiger partial charge in [0, 0.05) is 36.1 Å². The molecule has 30 heavy (non-hydrogen) atoms. The standard InChI is InChI=1S/C21H21ClF4N2OS/c1-14-9-17(23)18(12-19(14)30-13-21(24,25)26)27-5-7-28(8-6-27)20(29)11-15-3-2-4-16(22)10-15/h2-4,9-10,12H,5-8,11,13H2,1H3. The topological polar surface area (TPSA) is 23.6 Å². The van der Waals surface area contributed by atoms with Crippen LogP contribution in [0.25, 0.3) is 0 Å². The first-order chi connectivity index (χ1) is 14.1. The Bertz CT molecular complexity index is 914. The van der Waals surface area contributed by atoms with E-state index < -0.39 is 17.7 Å². The van der Waals surface area contributed by atoms with Crippen LogP contribution in [0.2, 0.25) is 5.02 Å². The Balaban J connectivity index is 1.63. The van der Waals surface area contributed by atoms with Gasteiger partial charge in [0.2, 0.25) is 5.91 Å². The van der Waals surface area contributed by atoms with Crippen LogP contribution in [-0.4, -0.2) is 48.9 Å². The van der Waals surface area contributed by atoms with Gasteiger partial charge in [-0.15, -0.1) is 11.8 Å². The smallest absolute Gasteiger partial charge is 0.366 e. The number of aryl methyl sites for hydroxylation is 1. The van der Waals surface area contributed by atoms with Gasteiger partial charge in [-0.3, -0.25) is 4.79 Å². The monoisotopic (exact) mass is 460 g/mol. The zero-order valence-electron chi connectivity index (χ0n) is 16.3. The van der Waals surface area contributed by atoms with Crippen LogP contribution in [-0.2, 0) is 11.2 Å². The van der Waals surface area contributed by atoms with Crippen molar-refractivity contribution in [3.63, 3.8) is 0 Å². The molecule has 0 spiro atoms. The maximum atomic E-state index is 14.5. The highest BCUT2D eigenvalue weighted by molar-refractivity contribution is 7.99. The van der Waals surface area contributed by atoms with Crippen molar-refractivity contribution in [2.75, 3.05) is 36.8 Å². The minimum Gasteiger partial charge on any atom is -0.366 e. The average Bonchev–Trinajstić information content (AvgIpc) is 2.67. The lowest BCUT2D eigenvalue weighted by atomic mass is 10.1. The molecule has 1 fully saturated rings. The second-order valence-corrected chi connectivity index (χ2v) is 8.60. The van der Waals surface area contributed by atoms with Gasteiger partial charge in [-0.05, 0) is 42.3 Å². The molecule has 0 bridgehead atoms. The van der Waals surface area contributed by atoms with Gasteiger partial charge in [0.15, 0.2) is 0 Å². The van der Waals surface area contributed by atoms with Gasteiger partial charge in [0.25, 0.3) is 0 Å². The molecule has 162 valence electrons. The van der Waals surface area contributed by atoms with Crippen LogP contribution in [0, 0.1) is 12.7 Å². The van der Waals surface area contributed by atoms with E-state index in [0.717, 1.165) is 5.56 Å². The van der Waals surface area contributed by atoms with Crippen molar-refractivity contribution in [3.05, 3.63) is 58.4 Å². The number of amides is 1. The number of piperazine rings is 1. The van der Waals surface area contributed by atoms with E-state index in [0.29, 0.717) is 53.4 Å². The first-order valence-electron chi connectivity index (χ1n) is 9.39. The molecule has 1 aliphatic rings. The largest absolute Gasteiger partial charge is 0.398 e. The fourth-order valence-corrected chi connectivity index (χ4v) is 4.34. The number of carbonyl (C=O) groups excluding carboxylic acids is 1. The lowest BCUT2D eigenvalue weighted by molar-refractivity contribution is -0.130. The highest BCUT2D eigenvalue weighted by Crippen LogP contribution is 2.34. The van der Waals surface area contributed by atoms with E-state index >= 15 is 0 Å². The van der Waals surface area contributed by atoms with Crippen LogP contribution >= 0.6 is 23.4 Å². The number of benzene rings is 2. The summed E-state index contributed by atoms with van der Waals surface area (Å²) < 4.78 is 52.2. The maximum Gasteiger partial charge on any atom is 0.398 e. The minimum atomic E-state index is -4.29. The molecular formula is C21H21ClF4N2OS. The Morgan fingerprint density at radius 3 is 2.47 bits per heavy atom. The van der Waals surface area contributed by atoms with Gasteiger partial charge >= 0.3 is 6.18 Å². The highest BCUT2D eigenvalue weighted by Gasteiger charge is 2.28. The van der Waals surface area contributed by atoms with Crippen molar-refractivity contribution in [1.82, 2.24) is 4.90 Å². The summed E-state index contributed by atoms with van der Waals surface area (Å²) in [5.41, 5.74) is 1.57. The lowest BCUT2D eigenvalue weighted by Crippen LogP contribution is -2.49. The first-order valence-corrected chi connectivity index (χ1v) is 10.8. The van der Waals surface area contributed by atoms with Gasteiger partial charge in [-0.2, -0.15) is 13.2 Å². The summed E-state index contributed by atoms with van der Waals surface area (Å²) in [5, 5.41) is 0.569. The van der Waals surface area contributed by atoms with Crippen molar-refractivity contribution in [1.29, 1.82) is 0 Å². The van der Waals surface area contributed by atoms with Gasteiger partial charge in [0.1, 0.15) is 5.82 Å². The summed E-state index contributed by atoms with van der Waals surface area (Å²) in [6.45, 7) is 3.24. The van der Waals surface area contributed by atoms with Crippen LogP contribution in [0.4, 0.5) is 23.2 Å². The van der Waals surface area contributed by atoms with Crippen LogP contribution in [0.1, 0.15) is 11.1 Å². The average molecular weight is 461 g/mol. The zero-order valence-corrected chi connectivity index (χ0v) is 17.9. The summed E-state index contributed by atoms with van der Waals surface area (Å²) in [5.74, 6) is -1.53. The summed E-state index contributed by atoms with van der Waals surface area (Å²) >= 11 is 6.61. The fraction of sp³-hybridized carbons (Fsp3) is 0.381. The molecule has 2 aromatic rings. The van der Waals surface area contributed by atoms with Crippen molar-refractivity contribution in [2.45, 2.75) is 24.4 Å². The summed E-state index contributed by atoms with van der Waals surface area (Å²) in [7, 11) is 0. The third-order valence-corrected chi connectivity index (χ3v) is 6.31. The molecule has 0 N–H and O–H groups in total. The van der Waals surface area contributed by atoms with Crippen LogP contribution in [0.3, 0.4) is 0 Å². The highest BCUT2D eigenvalue weighted by atomic mass is 35.5. The number of thioether (sulfide) groups is 1. The van der Waals surface area contributed by atoms with E-state index in [2.05, 4.69) is 0 Å². The molecule has 0 saturated carbocycles. The van der Waals surface area contributed by atoms with Gasteiger partial charge in [-0.1, -0.05) is 23.7 Å². The number of halogens is 5. The Kier molecular flexibility index (Phi) is 7.18. The van der Waals surface area contributed by atoms with Crippen molar-refractivity contribution < 1.29 is 22.4 Å². The molecule has 2 aromatic carbocycles. The molecular weight excluding hydrogens is 440 g/mol. The Hall–Kier alpha value is -1.93. The molecule has 0 atom stereocenters. The van der Waals surface area contributed by atoms with E-state index in [4.69, 9.17) is 11.6 Å². The SMILES string of the molecule is Cc1cc(F)c(N2CCN(C(=O)Cc3cccc(Cl)c3)CC2)cc1SCC(F)(F)F. The molecule has 3 rings (SSSR count). The molecule has 3 nitrogen and oxygen atoms in total. The van der Waals surface area contributed by atoms with Gasteiger partial charge in [-0.25, -0.2) is 4.39 Å². The van der Waals surface area contributed by atoms with E-state index in [1.54, 1.807) is 34.9 Å². The van der Waals surface area contributed by atoms with E-state index in [1.165, 1.54) is 12.1 Å². The number of anilines is 1. The quantitative estimate of drug-likeness (QED) is 0.445. The Labute approximate surface area is 182 Å². The zero-order chi connectivity index (χ0) is 21.9. The maximum absolute atomic E-state index is 14.5. The predicted octanol–water partition coefficient (Wildman–Crippen LogP) is 5.33. The lowest BCUT2D eigenvalue weighted by Gasteiger charge is -2.36. The molecule has 0 aromatic heterocycles. The van der Waals surface area contributed by atoms with Crippen LogP contribution in [0.5, 0.6) is 0 Å². The van der Waals surface area contributed by atoms with Gasteiger partial charge in [0.05, 0.1) is 17.9 Å². The van der Waals surface area contributed by atoms with Gasteiger partial charge < -0.3 is 9.80 Å². The molecule has 0 unspecified atom stereocenters. The van der Waals surface area contributed by atoms with Crippen LogP contribution < -0.4 is 4.90 Å². The first kappa shape index (κ1) is 22.7. The van der Waals surface area contributed by atoms with Crippen LogP contribution in [0.15, 0.2) is 41.3 Å². The molecule has 0 aliphatic carbocycles. The fourth-order valence-electron chi connectivity index (χ4n) is 3.33. The van der Waals surface area contributed by atoms with Crippen molar-refractivity contribution in [2.24, 2.45) is 0 Å². The number of carbonyl (C=O) groups is 1. The number of hydrogen-bond donors (Lipinski definition) is 0.